The molecule has 0 unspecified atom stereocenters. The van der Waals surface area contributed by atoms with Crippen LogP contribution >= 0.6 is 11.3 Å². The molecule has 2 fully saturated rings. The third kappa shape index (κ3) is 3.12. The van der Waals surface area contributed by atoms with Gasteiger partial charge in [-0.2, -0.15) is 0 Å². The minimum Gasteiger partial charge on any atom is -0.334 e. The fraction of sp³-hybridized carbons (Fsp3) is 0.714. The SMILES string of the molecule is Cc1nc(CNC(=O)N[C@@H]2CCN3CCCC[C@@H]23)cs1. The van der Waals surface area contributed by atoms with Crippen molar-refractivity contribution in [3.63, 3.8) is 0 Å². The first-order chi connectivity index (χ1) is 9.72. The zero-order valence-corrected chi connectivity index (χ0v) is 12.7. The number of urea groups is 1. The average molecular weight is 294 g/mol. The van der Waals surface area contributed by atoms with Crippen molar-refractivity contribution in [3.05, 3.63) is 16.1 Å². The third-order valence-corrected chi connectivity index (χ3v) is 5.09. The summed E-state index contributed by atoms with van der Waals surface area (Å²) < 4.78 is 0. The summed E-state index contributed by atoms with van der Waals surface area (Å²) >= 11 is 1.61. The van der Waals surface area contributed by atoms with Crippen LogP contribution in [0.5, 0.6) is 0 Å². The highest BCUT2D eigenvalue weighted by Gasteiger charge is 2.36. The van der Waals surface area contributed by atoms with Crippen molar-refractivity contribution in [1.29, 1.82) is 0 Å². The number of piperidine rings is 1. The van der Waals surface area contributed by atoms with E-state index in [1.54, 1.807) is 11.3 Å². The fourth-order valence-electron chi connectivity index (χ4n) is 3.30. The van der Waals surface area contributed by atoms with Crippen LogP contribution in [0.2, 0.25) is 0 Å². The summed E-state index contributed by atoms with van der Waals surface area (Å²) in [6.07, 6.45) is 4.89. The second-order valence-electron chi connectivity index (χ2n) is 5.68. The Kier molecular flexibility index (Phi) is 4.21. The summed E-state index contributed by atoms with van der Waals surface area (Å²) in [7, 11) is 0. The molecule has 0 saturated carbocycles. The van der Waals surface area contributed by atoms with Crippen LogP contribution in [0, 0.1) is 6.92 Å². The number of fused-ring (bicyclic) bond motifs is 1. The lowest BCUT2D eigenvalue weighted by Crippen LogP contribution is -2.49. The van der Waals surface area contributed by atoms with Crippen molar-refractivity contribution in [3.8, 4) is 0 Å². The Labute approximate surface area is 123 Å². The molecule has 110 valence electrons. The number of amides is 2. The van der Waals surface area contributed by atoms with E-state index in [1.165, 1.54) is 25.8 Å². The van der Waals surface area contributed by atoms with E-state index in [4.69, 9.17) is 0 Å². The van der Waals surface area contributed by atoms with Gasteiger partial charge in [0, 0.05) is 24.0 Å². The molecule has 2 aliphatic rings. The molecule has 0 aliphatic carbocycles. The van der Waals surface area contributed by atoms with Gasteiger partial charge in [0.25, 0.3) is 0 Å². The van der Waals surface area contributed by atoms with E-state index in [2.05, 4.69) is 20.5 Å². The number of aryl methyl sites for hydroxylation is 1. The number of hydrogen-bond donors (Lipinski definition) is 2. The Bertz CT molecular complexity index is 475. The first kappa shape index (κ1) is 13.8. The lowest BCUT2D eigenvalue weighted by atomic mass is 9.99. The van der Waals surface area contributed by atoms with E-state index < -0.39 is 0 Å². The van der Waals surface area contributed by atoms with Gasteiger partial charge in [-0.3, -0.25) is 4.90 Å². The molecule has 0 bridgehead atoms. The summed E-state index contributed by atoms with van der Waals surface area (Å²) in [5.41, 5.74) is 0.938. The van der Waals surface area contributed by atoms with E-state index in [0.29, 0.717) is 18.6 Å². The maximum atomic E-state index is 12.0. The number of rotatable bonds is 3. The van der Waals surface area contributed by atoms with Crippen LogP contribution in [-0.2, 0) is 6.54 Å². The van der Waals surface area contributed by atoms with Gasteiger partial charge >= 0.3 is 6.03 Å². The lowest BCUT2D eigenvalue weighted by molar-refractivity contribution is 0.179. The van der Waals surface area contributed by atoms with Gasteiger partial charge in [0.1, 0.15) is 0 Å². The molecule has 2 N–H and O–H groups in total. The Balaban J connectivity index is 1.46. The Morgan fingerprint density at radius 1 is 1.45 bits per heavy atom. The van der Waals surface area contributed by atoms with Crippen LogP contribution in [0.1, 0.15) is 36.4 Å². The summed E-state index contributed by atoms with van der Waals surface area (Å²) in [6.45, 7) is 4.81. The summed E-state index contributed by atoms with van der Waals surface area (Å²) in [5.74, 6) is 0. The van der Waals surface area contributed by atoms with Crippen LogP contribution in [0.4, 0.5) is 4.79 Å². The van der Waals surface area contributed by atoms with Gasteiger partial charge in [-0.25, -0.2) is 9.78 Å². The molecule has 0 radical (unpaired) electrons. The second-order valence-corrected chi connectivity index (χ2v) is 6.74. The van der Waals surface area contributed by atoms with E-state index in [-0.39, 0.29) is 6.03 Å². The zero-order chi connectivity index (χ0) is 13.9. The molecule has 2 saturated heterocycles. The molecule has 0 spiro atoms. The quantitative estimate of drug-likeness (QED) is 0.895. The van der Waals surface area contributed by atoms with Gasteiger partial charge in [0.05, 0.1) is 17.2 Å². The first-order valence-electron chi connectivity index (χ1n) is 7.42. The van der Waals surface area contributed by atoms with Crippen molar-refractivity contribution in [2.45, 2.75) is 51.2 Å². The lowest BCUT2D eigenvalue weighted by Gasteiger charge is -2.32. The molecule has 2 atom stereocenters. The Morgan fingerprint density at radius 2 is 2.35 bits per heavy atom. The van der Waals surface area contributed by atoms with Gasteiger partial charge in [-0.05, 0) is 32.7 Å². The van der Waals surface area contributed by atoms with Gasteiger partial charge in [-0.15, -0.1) is 11.3 Å². The zero-order valence-electron chi connectivity index (χ0n) is 11.9. The number of carbonyl (C=O) groups excluding carboxylic acids is 1. The van der Waals surface area contributed by atoms with Crippen molar-refractivity contribution >= 4 is 17.4 Å². The van der Waals surface area contributed by atoms with Gasteiger partial charge in [-0.1, -0.05) is 6.42 Å². The summed E-state index contributed by atoms with van der Waals surface area (Å²) in [6, 6.07) is 0.802. The highest BCUT2D eigenvalue weighted by Crippen LogP contribution is 2.26. The molecule has 5 nitrogen and oxygen atoms in total. The minimum absolute atomic E-state index is 0.0620. The third-order valence-electron chi connectivity index (χ3n) is 4.27. The van der Waals surface area contributed by atoms with Gasteiger partial charge in [0.15, 0.2) is 0 Å². The highest BCUT2D eigenvalue weighted by atomic mass is 32.1. The topological polar surface area (TPSA) is 57.3 Å². The van der Waals surface area contributed by atoms with Gasteiger partial charge < -0.3 is 10.6 Å². The van der Waals surface area contributed by atoms with Crippen LogP contribution in [0.15, 0.2) is 5.38 Å². The van der Waals surface area contributed by atoms with Crippen molar-refractivity contribution in [1.82, 2.24) is 20.5 Å². The van der Waals surface area contributed by atoms with Crippen LogP contribution < -0.4 is 10.6 Å². The molecule has 1 aromatic heterocycles. The summed E-state index contributed by atoms with van der Waals surface area (Å²) in [4.78, 5) is 18.9. The Hall–Kier alpha value is -1.14. The standard InChI is InChI=1S/C14H22N4OS/c1-10-16-11(9-20-10)8-15-14(19)17-12-5-7-18-6-3-2-4-13(12)18/h9,12-13H,2-8H2,1H3,(H2,15,17,19)/t12-,13+/m1/s1. The van der Waals surface area contributed by atoms with E-state index in [1.807, 2.05) is 12.3 Å². The molecular weight excluding hydrogens is 272 g/mol. The predicted octanol–water partition coefficient (Wildman–Crippen LogP) is 1.88. The first-order valence-corrected chi connectivity index (χ1v) is 8.30. The van der Waals surface area contributed by atoms with E-state index >= 15 is 0 Å². The maximum Gasteiger partial charge on any atom is 0.315 e. The van der Waals surface area contributed by atoms with Crippen molar-refractivity contribution in [2.75, 3.05) is 13.1 Å². The number of nitrogens with one attached hydrogen (secondary N) is 2. The van der Waals surface area contributed by atoms with Crippen LogP contribution in [-0.4, -0.2) is 41.1 Å². The average Bonchev–Trinajstić information content (AvgIpc) is 3.04. The number of aromatic nitrogens is 1. The highest BCUT2D eigenvalue weighted by molar-refractivity contribution is 7.09. The molecule has 3 rings (SSSR count). The normalized spacial score (nSPS) is 26.2. The monoisotopic (exact) mass is 294 g/mol. The molecular formula is C14H22N4OS. The van der Waals surface area contributed by atoms with E-state index in [0.717, 1.165) is 23.7 Å². The largest absolute Gasteiger partial charge is 0.334 e. The maximum absolute atomic E-state index is 12.0. The number of thiazole rings is 1. The molecule has 0 aromatic carbocycles. The molecule has 3 heterocycles. The van der Waals surface area contributed by atoms with Crippen LogP contribution in [0.3, 0.4) is 0 Å². The molecule has 2 amide bonds. The van der Waals surface area contributed by atoms with Crippen molar-refractivity contribution in [2.24, 2.45) is 0 Å². The summed E-state index contributed by atoms with van der Waals surface area (Å²) in [5, 5.41) is 9.08. The smallest absolute Gasteiger partial charge is 0.315 e. The molecule has 2 aliphatic heterocycles. The van der Waals surface area contributed by atoms with Crippen LogP contribution in [0.25, 0.3) is 0 Å². The number of carbonyl (C=O) groups is 1. The predicted molar refractivity (Wildman–Crippen MR) is 79.8 cm³/mol. The minimum atomic E-state index is -0.0620. The van der Waals surface area contributed by atoms with Crippen molar-refractivity contribution < 1.29 is 4.79 Å². The van der Waals surface area contributed by atoms with E-state index in [9.17, 15) is 4.79 Å². The number of nitrogens with zero attached hydrogens (tertiary/aromatic N) is 2. The number of hydrogen-bond acceptors (Lipinski definition) is 4. The second kappa shape index (κ2) is 6.10. The Morgan fingerprint density at radius 3 is 3.15 bits per heavy atom. The fourth-order valence-corrected chi connectivity index (χ4v) is 3.91. The molecule has 1 aromatic rings. The molecule has 6 heteroatoms. The molecule has 20 heavy (non-hydrogen) atoms. The van der Waals surface area contributed by atoms with Gasteiger partial charge in [0.2, 0.25) is 0 Å².